The fourth-order valence-corrected chi connectivity index (χ4v) is 5.77. The third kappa shape index (κ3) is 4.85. The molecule has 2 saturated heterocycles. The predicted octanol–water partition coefficient (Wildman–Crippen LogP) is 2.21. The van der Waals surface area contributed by atoms with Crippen molar-refractivity contribution in [2.24, 2.45) is 11.8 Å². The number of aryl methyl sites for hydroxylation is 1. The normalized spacial score (nSPS) is 27.4. The highest BCUT2D eigenvalue weighted by Crippen LogP contribution is 2.41. The number of aliphatic hydroxyl groups is 1. The molecule has 0 bridgehead atoms. The molecule has 3 aliphatic rings. The number of hydrogen-bond donors (Lipinski definition) is 2. The van der Waals surface area contributed by atoms with Gasteiger partial charge in [-0.05, 0) is 75.2 Å². The second kappa shape index (κ2) is 10.6. The Hall–Kier alpha value is -1.87. The van der Waals surface area contributed by atoms with Crippen molar-refractivity contribution in [2.45, 2.75) is 50.8 Å². The zero-order valence-electron chi connectivity index (χ0n) is 18.8. The molecule has 4 atom stereocenters. The molecular formula is C23H33Cl2N5O3. The summed E-state index contributed by atoms with van der Waals surface area (Å²) in [7, 11) is 0. The molecule has 0 radical (unpaired) electrons. The van der Waals surface area contributed by atoms with Gasteiger partial charge in [-0.2, -0.15) is 5.10 Å². The molecule has 4 heterocycles. The van der Waals surface area contributed by atoms with Crippen LogP contribution in [0, 0.1) is 18.8 Å². The Kier molecular flexibility index (Phi) is 8.26. The van der Waals surface area contributed by atoms with Crippen LogP contribution in [0.4, 0.5) is 0 Å². The van der Waals surface area contributed by atoms with E-state index < -0.39 is 6.10 Å². The number of amides is 1. The van der Waals surface area contributed by atoms with Gasteiger partial charge in [0.1, 0.15) is 5.56 Å². The van der Waals surface area contributed by atoms with E-state index in [0.29, 0.717) is 31.0 Å². The Morgan fingerprint density at radius 3 is 2.48 bits per heavy atom. The maximum Gasteiger partial charge on any atom is 0.263 e. The Balaban J connectivity index is 0.00000153. The molecule has 8 nitrogen and oxygen atoms in total. The smallest absolute Gasteiger partial charge is 0.263 e. The predicted molar refractivity (Wildman–Crippen MR) is 130 cm³/mol. The summed E-state index contributed by atoms with van der Waals surface area (Å²) < 4.78 is 3.60. The van der Waals surface area contributed by atoms with E-state index in [1.807, 2.05) is 41.0 Å². The molecule has 2 aromatic heterocycles. The van der Waals surface area contributed by atoms with Crippen LogP contribution in [0.3, 0.4) is 0 Å². The van der Waals surface area contributed by atoms with Crippen LogP contribution in [0.15, 0.2) is 35.5 Å². The van der Waals surface area contributed by atoms with Gasteiger partial charge < -0.3 is 19.9 Å². The van der Waals surface area contributed by atoms with Gasteiger partial charge in [-0.3, -0.25) is 14.3 Å². The monoisotopic (exact) mass is 497 g/mol. The van der Waals surface area contributed by atoms with Crippen LogP contribution < -0.4 is 10.9 Å². The van der Waals surface area contributed by atoms with Gasteiger partial charge in [-0.15, -0.1) is 24.8 Å². The van der Waals surface area contributed by atoms with Gasteiger partial charge in [0.25, 0.3) is 11.5 Å². The molecule has 1 amide bonds. The number of likely N-dealkylation sites (tertiary alicyclic amines) is 1. The van der Waals surface area contributed by atoms with Gasteiger partial charge in [-0.25, -0.2) is 0 Å². The highest BCUT2D eigenvalue weighted by molar-refractivity contribution is 5.95. The molecule has 1 aliphatic carbocycles. The van der Waals surface area contributed by atoms with Gasteiger partial charge in [0.15, 0.2) is 0 Å². The van der Waals surface area contributed by atoms with Crippen molar-refractivity contribution < 1.29 is 9.90 Å². The SMILES string of the molecule is Cc1ccn(C2CCNCC2)c(=O)c1C(=O)N1C[C@H]2C[C@@H](n3cccn3)[C@H](O)C[C@H]2C1.Cl.Cl. The van der Waals surface area contributed by atoms with E-state index >= 15 is 0 Å². The van der Waals surface area contributed by atoms with E-state index in [1.54, 1.807) is 10.8 Å². The molecule has 182 valence electrons. The zero-order chi connectivity index (χ0) is 21.5. The number of nitrogens with one attached hydrogen (secondary N) is 1. The van der Waals surface area contributed by atoms with Crippen LogP contribution >= 0.6 is 24.8 Å². The van der Waals surface area contributed by atoms with E-state index in [9.17, 15) is 14.7 Å². The summed E-state index contributed by atoms with van der Waals surface area (Å²) in [6.07, 6.45) is 8.26. The van der Waals surface area contributed by atoms with Crippen molar-refractivity contribution in [3.63, 3.8) is 0 Å². The number of pyridine rings is 1. The van der Waals surface area contributed by atoms with Crippen LogP contribution in [0.5, 0.6) is 0 Å². The summed E-state index contributed by atoms with van der Waals surface area (Å²) >= 11 is 0. The number of carbonyl (C=O) groups is 1. The third-order valence-electron chi connectivity index (χ3n) is 7.50. The lowest BCUT2D eigenvalue weighted by Crippen LogP contribution is -2.39. The molecule has 1 saturated carbocycles. The molecule has 33 heavy (non-hydrogen) atoms. The Bertz CT molecular complexity index is 1010. The van der Waals surface area contributed by atoms with E-state index in [1.165, 1.54) is 0 Å². The Morgan fingerprint density at radius 1 is 1.12 bits per heavy atom. The molecule has 10 heteroatoms. The van der Waals surface area contributed by atoms with Crippen LogP contribution in [-0.4, -0.2) is 62.5 Å². The third-order valence-corrected chi connectivity index (χ3v) is 7.50. The number of fused-ring (bicyclic) bond motifs is 1. The lowest BCUT2D eigenvalue weighted by molar-refractivity contribution is 0.0306. The quantitative estimate of drug-likeness (QED) is 0.677. The van der Waals surface area contributed by atoms with E-state index in [0.717, 1.165) is 37.9 Å². The second-order valence-corrected chi connectivity index (χ2v) is 9.39. The van der Waals surface area contributed by atoms with E-state index in [-0.39, 0.29) is 54.3 Å². The number of halogens is 2. The zero-order valence-corrected chi connectivity index (χ0v) is 20.4. The minimum atomic E-state index is -0.466. The van der Waals surface area contributed by atoms with Gasteiger partial charge >= 0.3 is 0 Å². The fraction of sp³-hybridized carbons (Fsp3) is 0.609. The van der Waals surface area contributed by atoms with E-state index in [4.69, 9.17) is 0 Å². The number of nitrogens with zero attached hydrogens (tertiary/aromatic N) is 4. The number of carbonyl (C=O) groups excluding carboxylic acids is 1. The molecule has 0 unspecified atom stereocenters. The Labute approximate surface area is 206 Å². The first kappa shape index (κ1) is 25.7. The number of aliphatic hydroxyl groups excluding tert-OH is 1. The summed E-state index contributed by atoms with van der Waals surface area (Å²) in [4.78, 5) is 28.6. The van der Waals surface area contributed by atoms with Gasteiger partial charge in [0.2, 0.25) is 0 Å². The van der Waals surface area contributed by atoms with Crippen molar-refractivity contribution in [1.29, 1.82) is 0 Å². The van der Waals surface area contributed by atoms with Crippen LogP contribution in [0.2, 0.25) is 0 Å². The average Bonchev–Trinajstić information content (AvgIpc) is 3.43. The van der Waals surface area contributed by atoms with Crippen LogP contribution in [0.25, 0.3) is 0 Å². The van der Waals surface area contributed by atoms with Crippen molar-refractivity contribution >= 4 is 30.7 Å². The Morgan fingerprint density at radius 2 is 1.82 bits per heavy atom. The molecule has 5 rings (SSSR count). The van der Waals surface area contributed by atoms with Gasteiger partial charge in [0, 0.05) is 37.7 Å². The van der Waals surface area contributed by atoms with Crippen molar-refractivity contribution in [3.8, 4) is 0 Å². The molecule has 2 N–H and O–H groups in total. The van der Waals surface area contributed by atoms with Crippen molar-refractivity contribution in [2.75, 3.05) is 26.2 Å². The number of rotatable bonds is 3. The van der Waals surface area contributed by atoms with Crippen molar-refractivity contribution in [1.82, 2.24) is 24.6 Å². The topological polar surface area (TPSA) is 92.4 Å². The van der Waals surface area contributed by atoms with E-state index in [2.05, 4.69) is 10.4 Å². The molecule has 3 fully saturated rings. The molecular weight excluding hydrogens is 465 g/mol. The molecule has 2 aromatic rings. The summed E-state index contributed by atoms with van der Waals surface area (Å²) in [6, 6.07) is 3.86. The maximum absolute atomic E-state index is 13.5. The number of hydrogen-bond acceptors (Lipinski definition) is 5. The first-order chi connectivity index (χ1) is 15.0. The van der Waals surface area contributed by atoms with Gasteiger partial charge in [0.05, 0.1) is 12.1 Å². The first-order valence-corrected chi connectivity index (χ1v) is 11.4. The van der Waals surface area contributed by atoms with Crippen molar-refractivity contribution in [3.05, 3.63) is 52.2 Å². The summed E-state index contributed by atoms with van der Waals surface area (Å²) in [5.41, 5.74) is 0.884. The summed E-state index contributed by atoms with van der Waals surface area (Å²) in [5.74, 6) is 0.420. The first-order valence-electron chi connectivity index (χ1n) is 11.4. The number of aromatic nitrogens is 3. The largest absolute Gasteiger partial charge is 0.391 e. The number of piperidine rings is 1. The lowest BCUT2D eigenvalue weighted by Gasteiger charge is -2.35. The summed E-state index contributed by atoms with van der Waals surface area (Å²) in [6.45, 7) is 4.87. The van der Waals surface area contributed by atoms with Gasteiger partial charge in [-0.1, -0.05) is 0 Å². The minimum Gasteiger partial charge on any atom is -0.391 e. The maximum atomic E-state index is 13.5. The highest BCUT2D eigenvalue weighted by Gasteiger charge is 2.44. The fourth-order valence-electron chi connectivity index (χ4n) is 5.77. The molecule has 2 aliphatic heterocycles. The molecule has 0 spiro atoms. The highest BCUT2D eigenvalue weighted by atomic mass is 35.5. The minimum absolute atomic E-state index is 0. The van der Waals surface area contributed by atoms with Crippen LogP contribution in [-0.2, 0) is 0 Å². The standard InChI is InChI=1S/C23H31N5O3.2ClH/c1-15-5-10-27(18-3-7-24-8-4-18)23(31)21(15)22(30)26-13-16-11-19(28-9-2-6-25-28)20(29)12-17(16)14-26;;/h2,5-6,9-10,16-20,24,29H,3-4,7-8,11-14H2,1H3;2*1H/t16-,17+,19-,20-;;/m1../s1. The van der Waals surface area contributed by atoms with Crippen LogP contribution in [0.1, 0.15) is 53.7 Å². The second-order valence-electron chi connectivity index (χ2n) is 9.39. The average molecular weight is 498 g/mol. The lowest BCUT2D eigenvalue weighted by atomic mass is 9.77. The molecule has 0 aromatic carbocycles. The summed E-state index contributed by atoms with van der Waals surface area (Å²) in [5, 5.41) is 18.3.